The number of hydrazine groups is 1. The third kappa shape index (κ3) is 2.57. The van der Waals surface area contributed by atoms with Crippen molar-refractivity contribution >= 4 is 11.5 Å². The molecule has 0 bridgehead atoms. The van der Waals surface area contributed by atoms with Crippen LogP contribution in [0, 0.1) is 0 Å². The lowest BCUT2D eigenvalue weighted by molar-refractivity contribution is 0.122. The Morgan fingerprint density at radius 1 is 1.40 bits per heavy atom. The first-order valence-corrected chi connectivity index (χ1v) is 5.11. The van der Waals surface area contributed by atoms with E-state index in [-0.39, 0.29) is 0 Å². The zero-order valence-corrected chi connectivity index (χ0v) is 8.86. The van der Waals surface area contributed by atoms with E-state index in [1.165, 1.54) is 0 Å². The fourth-order valence-corrected chi connectivity index (χ4v) is 1.61. The van der Waals surface area contributed by atoms with Gasteiger partial charge in [0.1, 0.15) is 5.82 Å². The molecule has 2 heterocycles. The zero-order valence-electron chi connectivity index (χ0n) is 8.86. The number of hydrogen-bond acceptors (Lipinski definition) is 5. The van der Waals surface area contributed by atoms with E-state index < -0.39 is 0 Å². The van der Waals surface area contributed by atoms with Crippen molar-refractivity contribution in [2.24, 2.45) is 0 Å². The summed E-state index contributed by atoms with van der Waals surface area (Å²) in [5, 5.41) is 0. The van der Waals surface area contributed by atoms with Crippen LogP contribution in [0.5, 0.6) is 0 Å². The van der Waals surface area contributed by atoms with Gasteiger partial charge in [-0.15, -0.1) is 0 Å². The number of rotatable bonds is 3. The van der Waals surface area contributed by atoms with Crippen molar-refractivity contribution in [3.8, 4) is 0 Å². The summed E-state index contributed by atoms with van der Waals surface area (Å²) < 4.78 is 5.30. The molecule has 5 heteroatoms. The number of morpholine rings is 1. The minimum Gasteiger partial charge on any atom is -0.378 e. The molecule has 1 saturated heterocycles. The molecule has 2 N–H and O–H groups in total. The van der Waals surface area contributed by atoms with Gasteiger partial charge in [-0.2, -0.15) is 0 Å². The van der Waals surface area contributed by atoms with Gasteiger partial charge in [-0.3, -0.25) is 0 Å². The van der Waals surface area contributed by atoms with Gasteiger partial charge in [-0.25, -0.2) is 10.4 Å². The van der Waals surface area contributed by atoms with E-state index in [1.54, 1.807) is 0 Å². The number of nitrogens with one attached hydrogen (secondary N) is 2. The predicted octanol–water partition coefficient (Wildman–Crippen LogP) is 0.464. The first-order chi connectivity index (χ1) is 7.40. The van der Waals surface area contributed by atoms with Crippen molar-refractivity contribution in [1.29, 1.82) is 0 Å². The van der Waals surface area contributed by atoms with Crippen LogP contribution in [-0.2, 0) is 4.74 Å². The van der Waals surface area contributed by atoms with E-state index in [9.17, 15) is 0 Å². The van der Waals surface area contributed by atoms with Crippen LogP contribution in [0.3, 0.4) is 0 Å². The Morgan fingerprint density at radius 2 is 2.20 bits per heavy atom. The van der Waals surface area contributed by atoms with Crippen LogP contribution in [0.25, 0.3) is 0 Å². The average molecular weight is 208 g/mol. The number of pyridine rings is 1. The fraction of sp³-hybridized carbons (Fsp3) is 0.500. The summed E-state index contributed by atoms with van der Waals surface area (Å²) in [5.74, 6) is 0.999. The lowest BCUT2D eigenvalue weighted by Gasteiger charge is -2.28. The average Bonchev–Trinajstić information content (AvgIpc) is 2.31. The summed E-state index contributed by atoms with van der Waals surface area (Å²) in [6.45, 7) is 3.39. The first-order valence-electron chi connectivity index (χ1n) is 5.11. The van der Waals surface area contributed by atoms with Crippen LogP contribution in [-0.4, -0.2) is 38.3 Å². The second-order valence-electron chi connectivity index (χ2n) is 3.38. The van der Waals surface area contributed by atoms with Gasteiger partial charge in [0.25, 0.3) is 0 Å². The third-order valence-electron chi connectivity index (χ3n) is 2.35. The summed E-state index contributed by atoms with van der Waals surface area (Å²) in [4.78, 5) is 6.57. The molecular formula is C10H16N4O. The van der Waals surface area contributed by atoms with Gasteiger partial charge in [0.2, 0.25) is 0 Å². The van der Waals surface area contributed by atoms with E-state index >= 15 is 0 Å². The molecule has 1 fully saturated rings. The molecule has 1 aromatic rings. The van der Waals surface area contributed by atoms with Gasteiger partial charge in [0.05, 0.1) is 18.9 Å². The van der Waals surface area contributed by atoms with E-state index in [4.69, 9.17) is 4.74 Å². The Bertz CT molecular complexity index is 312. The highest BCUT2D eigenvalue weighted by Gasteiger charge is 2.12. The second kappa shape index (κ2) is 4.95. The smallest absolute Gasteiger partial charge is 0.130 e. The Hall–Kier alpha value is -1.33. The summed E-state index contributed by atoms with van der Waals surface area (Å²) in [5.41, 5.74) is 6.95. The van der Waals surface area contributed by atoms with Crippen LogP contribution in [0.1, 0.15) is 0 Å². The molecule has 0 spiro atoms. The molecule has 0 aromatic carbocycles. The maximum absolute atomic E-state index is 5.30. The number of nitrogens with zero attached hydrogens (tertiary/aromatic N) is 2. The number of ether oxygens (including phenoxy) is 1. The van der Waals surface area contributed by atoms with E-state index in [0.29, 0.717) is 0 Å². The summed E-state index contributed by atoms with van der Waals surface area (Å²) >= 11 is 0. The molecule has 0 radical (unpaired) electrons. The summed E-state index contributed by atoms with van der Waals surface area (Å²) in [6.07, 6.45) is 1.81. The van der Waals surface area contributed by atoms with Crippen molar-refractivity contribution in [3.05, 3.63) is 18.3 Å². The minimum absolute atomic E-state index is 0.783. The number of hydrogen-bond donors (Lipinski definition) is 2. The Balaban J connectivity index is 2.09. The fourth-order valence-electron chi connectivity index (χ4n) is 1.61. The highest BCUT2D eigenvalue weighted by atomic mass is 16.5. The van der Waals surface area contributed by atoms with Gasteiger partial charge >= 0.3 is 0 Å². The van der Waals surface area contributed by atoms with Crippen LogP contribution < -0.4 is 15.8 Å². The summed E-state index contributed by atoms with van der Waals surface area (Å²) in [7, 11) is 1.84. The molecule has 0 unspecified atom stereocenters. The summed E-state index contributed by atoms with van der Waals surface area (Å²) in [6, 6.07) is 3.96. The Labute approximate surface area is 89.4 Å². The SMILES string of the molecule is CNNc1ccnc(N2CCOCC2)c1. The molecule has 0 atom stereocenters. The second-order valence-corrected chi connectivity index (χ2v) is 3.38. The zero-order chi connectivity index (χ0) is 10.5. The lowest BCUT2D eigenvalue weighted by atomic mass is 10.3. The van der Waals surface area contributed by atoms with E-state index in [2.05, 4.69) is 20.7 Å². The highest BCUT2D eigenvalue weighted by molar-refractivity contribution is 5.52. The van der Waals surface area contributed by atoms with Crippen molar-refractivity contribution in [3.63, 3.8) is 0 Å². The van der Waals surface area contributed by atoms with Gasteiger partial charge in [-0.1, -0.05) is 0 Å². The highest BCUT2D eigenvalue weighted by Crippen LogP contribution is 2.16. The molecule has 1 aromatic heterocycles. The van der Waals surface area contributed by atoms with Gasteiger partial charge in [0, 0.05) is 32.4 Å². The van der Waals surface area contributed by atoms with Crippen LogP contribution in [0.15, 0.2) is 18.3 Å². The molecule has 0 amide bonds. The molecule has 2 rings (SSSR count). The molecule has 15 heavy (non-hydrogen) atoms. The normalized spacial score (nSPS) is 16.5. The van der Waals surface area contributed by atoms with Gasteiger partial charge < -0.3 is 15.1 Å². The quantitative estimate of drug-likeness (QED) is 0.707. The largest absolute Gasteiger partial charge is 0.378 e. The van der Waals surface area contributed by atoms with Crippen LogP contribution in [0.2, 0.25) is 0 Å². The maximum Gasteiger partial charge on any atom is 0.130 e. The standard InChI is InChI=1S/C10H16N4O/c1-11-13-9-2-3-12-10(8-9)14-4-6-15-7-5-14/h2-3,8,11H,4-7H2,1H3,(H,12,13). The molecule has 5 nitrogen and oxygen atoms in total. The monoisotopic (exact) mass is 208 g/mol. The molecule has 82 valence electrons. The van der Waals surface area contributed by atoms with Crippen molar-refractivity contribution in [2.75, 3.05) is 43.7 Å². The predicted molar refractivity (Wildman–Crippen MR) is 60.0 cm³/mol. The minimum atomic E-state index is 0.783. The molecule has 0 saturated carbocycles. The molecule has 1 aliphatic heterocycles. The van der Waals surface area contributed by atoms with E-state index in [0.717, 1.165) is 37.8 Å². The van der Waals surface area contributed by atoms with Crippen molar-refractivity contribution in [2.45, 2.75) is 0 Å². The van der Waals surface area contributed by atoms with Crippen molar-refractivity contribution < 1.29 is 4.74 Å². The van der Waals surface area contributed by atoms with Gasteiger partial charge in [-0.05, 0) is 6.07 Å². The van der Waals surface area contributed by atoms with E-state index in [1.807, 2.05) is 25.4 Å². The lowest BCUT2D eigenvalue weighted by Crippen LogP contribution is -2.36. The van der Waals surface area contributed by atoms with Crippen molar-refractivity contribution in [1.82, 2.24) is 10.4 Å². The topological polar surface area (TPSA) is 49.4 Å². The molecular weight excluding hydrogens is 192 g/mol. The first kappa shape index (κ1) is 10.2. The number of anilines is 2. The van der Waals surface area contributed by atoms with Gasteiger partial charge in [0.15, 0.2) is 0 Å². The maximum atomic E-state index is 5.30. The molecule has 0 aliphatic carbocycles. The molecule has 1 aliphatic rings. The third-order valence-corrected chi connectivity index (χ3v) is 2.35. The van der Waals surface area contributed by atoms with Crippen LogP contribution in [0.4, 0.5) is 11.5 Å². The Morgan fingerprint density at radius 3 is 2.93 bits per heavy atom. The van der Waals surface area contributed by atoms with Crippen LogP contribution >= 0.6 is 0 Å². The number of aromatic nitrogens is 1. The Kier molecular flexibility index (Phi) is 3.37.